The molecule has 1 aromatic heterocycles. The number of hydrogen-bond donors (Lipinski definition) is 1. The van der Waals surface area contributed by atoms with Crippen LogP contribution in [-0.2, 0) is 0 Å². The number of rotatable bonds is 6. The second kappa shape index (κ2) is 7.85. The van der Waals surface area contributed by atoms with Gasteiger partial charge in [-0.25, -0.2) is 4.98 Å². The number of para-hydroxylation sites is 1. The third-order valence-electron chi connectivity index (χ3n) is 3.35. The molecule has 1 heterocycles. The maximum absolute atomic E-state index is 12.4. The van der Waals surface area contributed by atoms with Crippen molar-refractivity contribution in [2.75, 3.05) is 5.43 Å². The molecule has 4 nitrogen and oxygen atoms in total. The molecule has 3 aromatic rings. The standard InChI is InChI=1S/C18H15F2N3OS/c1-12-6-8-13(9-7-12)15-11-25-18(22-15)23-21-10-14-4-2-3-5-16(14)24-17(19)20/h2-11,17H,1H3,(H,22,23). The second-order valence-electron chi connectivity index (χ2n) is 5.19. The first-order valence-corrected chi connectivity index (χ1v) is 8.35. The van der Waals surface area contributed by atoms with Gasteiger partial charge < -0.3 is 4.74 Å². The summed E-state index contributed by atoms with van der Waals surface area (Å²) in [6.45, 7) is -0.846. The topological polar surface area (TPSA) is 46.5 Å². The number of aromatic nitrogens is 1. The Balaban J connectivity index is 1.68. The van der Waals surface area contributed by atoms with Gasteiger partial charge >= 0.3 is 6.61 Å². The number of benzene rings is 2. The number of alkyl halides is 2. The monoisotopic (exact) mass is 359 g/mol. The first-order valence-electron chi connectivity index (χ1n) is 7.47. The number of nitrogens with zero attached hydrogens (tertiary/aromatic N) is 2. The molecule has 0 atom stereocenters. The molecule has 0 unspecified atom stereocenters. The van der Waals surface area contributed by atoms with Crippen LogP contribution in [0.25, 0.3) is 11.3 Å². The predicted molar refractivity (Wildman–Crippen MR) is 96.6 cm³/mol. The fourth-order valence-electron chi connectivity index (χ4n) is 2.13. The van der Waals surface area contributed by atoms with E-state index in [2.05, 4.69) is 20.2 Å². The third kappa shape index (κ3) is 4.60. The van der Waals surface area contributed by atoms with Gasteiger partial charge in [0.05, 0.1) is 11.9 Å². The molecule has 0 radical (unpaired) electrons. The van der Waals surface area contributed by atoms with Gasteiger partial charge in [0.2, 0.25) is 5.13 Å². The van der Waals surface area contributed by atoms with Crippen LogP contribution < -0.4 is 10.2 Å². The van der Waals surface area contributed by atoms with E-state index in [0.717, 1.165) is 11.3 Å². The van der Waals surface area contributed by atoms with Gasteiger partial charge in [-0.3, -0.25) is 5.43 Å². The van der Waals surface area contributed by atoms with Crippen molar-refractivity contribution >= 4 is 22.7 Å². The molecule has 25 heavy (non-hydrogen) atoms. The van der Waals surface area contributed by atoms with Crippen molar-refractivity contribution in [2.24, 2.45) is 5.10 Å². The number of anilines is 1. The van der Waals surface area contributed by atoms with Crippen LogP contribution in [0, 0.1) is 6.92 Å². The highest BCUT2D eigenvalue weighted by molar-refractivity contribution is 7.14. The molecule has 0 aliphatic heterocycles. The van der Waals surface area contributed by atoms with Crippen LogP contribution in [0.3, 0.4) is 0 Å². The molecule has 0 fully saturated rings. The molecular weight excluding hydrogens is 344 g/mol. The van der Waals surface area contributed by atoms with Crippen LogP contribution in [0.1, 0.15) is 11.1 Å². The van der Waals surface area contributed by atoms with E-state index in [1.807, 2.05) is 36.6 Å². The number of halogens is 2. The maximum atomic E-state index is 12.4. The molecule has 1 N–H and O–H groups in total. The molecule has 2 aromatic carbocycles. The largest absolute Gasteiger partial charge is 0.434 e. The molecule has 128 valence electrons. The molecule has 0 amide bonds. The van der Waals surface area contributed by atoms with Crippen LogP contribution in [0.4, 0.5) is 13.9 Å². The smallest absolute Gasteiger partial charge is 0.387 e. The predicted octanol–water partition coefficient (Wildman–Crippen LogP) is 5.17. The van der Waals surface area contributed by atoms with Gasteiger partial charge in [0, 0.05) is 16.5 Å². The number of nitrogens with one attached hydrogen (secondary N) is 1. The Labute approximate surface area is 147 Å². The summed E-state index contributed by atoms with van der Waals surface area (Å²) in [6, 6.07) is 14.5. The lowest BCUT2D eigenvalue weighted by atomic mass is 10.1. The minimum atomic E-state index is -2.88. The maximum Gasteiger partial charge on any atom is 0.387 e. The Morgan fingerprint density at radius 3 is 2.68 bits per heavy atom. The molecular formula is C18H15F2N3OS. The lowest BCUT2D eigenvalue weighted by molar-refractivity contribution is -0.0499. The summed E-state index contributed by atoms with van der Waals surface area (Å²) in [4.78, 5) is 4.45. The first-order chi connectivity index (χ1) is 12.1. The van der Waals surface area contributed by atoms with E-state index in [-0.39, 0.29) is 5.75 Å². The second-order valence-corrected chi connectivity index (χ2v) is 6.05. The zero-order chi connectivity index (χ0) is 17.6. The van der Waals surface area contributed by atoms with Crippen LogP contribution in [0.5, 0.6) is 5.75 Å². The zero-order valence-electron chi connectivity index (χ0n) is 13.3. The Morgan fingerprint density at radius 2 is 1.92 bits per heavy atom. The van der Waals surface area contributed by atoms with E-state index in [9.17, 15) is 8.78 Å². The molecule has 0 aliphatic rings. The number of aryl methyl sites for hydroxylation is 1. The SMILES string of the molecule is Cc1ccc(-c2csc(NN=Cc3ccccc3OC(F)F)n2)cc1. The summed E-state index contributed by atoms with van der Waals surface area (Å²) in [5.41, 5.74) is 6.32. The van der Waals surface area contributed by atoms with Crippen molar-refractivity contribution in [3.05, 3.63) is 65.0 Å². The number of thiazole rings is 1. The Kier molecular flexibility index (Phi) is 5.35. The average Bonchev–Trinajstić information content (AvgIpc) is 3.05. The summed E-state index contributed by atoms with van der Waals surface area (Å²) < 4.78 is 29.2. The molecule has 3 rings (SSSR count). The first kappa shape index (κ1) is 17.0. The van der Waals surface area contributed by atoms with Crippen molar-refractivity contribution in [1.82, 2.24) is 4.98 Å². The Bertz CT molecular complexity index is 863. The van der Waals surface area contributed by atoms with Gasteiger partial charge in [-0.2, -0.15) is 13.9 Å². The van der Waals surface area contributed by atoms with E-state index in [1.165, 1.54) is 29.2 Å². The van der Waals surface area contributed by atoms with E-state index < -0.39 is 6.61 Å². The molecule has 7 heteroatoms. The lowest BCUT2D eigenvalue weighted by Crippen LogP contribution is -2.04. The minimum absolute atomic E-state index is 0.0718. The van der Waals surface area contributed by atoms with Crippen molar-refractivity contribution in [3.63, 3.8) is 0 Å². The molecule has 0 bridgehead atoms. The van der Waals surface area contributed by atoms with Crippen molar-refractivity contribution in [2.45, 2.75) is 13.5 Å². The summed E-state index contributed by atoms with van der Waals surface area (Å²) in [5, 5.41) is 6.59. The molecule has 0 saturated carbocycles. The van der Waals surface area contributed by atoms with E-state index in [0.29, 0.717) is 10.7 Å². The van der Waals surface area contributed by atoms with Gasteiger partial charge in [0.25, 0.3) is 0 Å². The normalized spacial score (nSPS) is 11.2. The van der Waals surface area contributed by atoms with Gasteiger partial charge in [-0.05, 0) is 19.1 Å². The van der Waals surface area contributed by atoms with Gasteiger partial charge in [0.1, 0.15) is 5.75 Å². The molecule has 0 saturated heterocycles. The molecule has 0 spiro atoms. The highest BCUT2D eigenvalue weighted by Gasteiger charge is 2.07. The Hall–Kier alpha value is -2.80. The molecule has 0 aliphatic carbocycles. The van der Waals surface area contributed by atoms with Gasteiger partial charge in [0.15, 0.2) is 0 Å². The highest BCUT2D eigenvalue weighted by Crippen LogP contribution is 2.25. The summed E-state index contributed by atoms with van der Waals surface area (Å²) in [7, 11) is 0. The van der Waals surface area contributed by atoms with E-state index in [1.54, 1.807) is 18.2 Å². The van der Waals surface area contributed by atoms with E-state index in [4.69, 9.17) is 0 Å². The van der Waals surface area contributed by atoms with Crippen LogP contribution in [0.15, 0.2) is 59.0 Å². The number of hydrogen-bond acceptors (Lipinski definition) is 5. The fourth-order valence-corrected chi connectivity index (χ4v) is 2.80. The zero-order valence-corrected chi connectivity index (χ0v) is 14.1. The van der Waals surface area contributed by atoms with Crippen molar-refractivity contribution in [3.8, 4) is 17.0 Å². The summed E-state index contributed by atoms with van der Waals surface area (Å²) >= 11 is 1.41. The minimum Gasteiger partial charge on any atom is -0.434 e. The van der Waals surface area contributed by atoms with Gasteiger partial charge in [-0.1, -0.05) is 42.0 Å². The average molecular weight is 359 g/mol. The third-order valence-corrected chi connectivity index (χ3v) is 4.10. The van der Waals surface area contributed by atoms with Crippen molar-refractivity contribution < 1.29 is 13.5 Å². The quantitative estimate of drug-likeness (QED) is 0.488. The summed E-state index contributed by atoms with van der Waals surface area (Å²) in [5.74, 6) is 0.0718. The lowest BCUT2D eigenvalue weighted by Gasteiger charge is -2.06. The fraction of sp³-hybridized carbons (Fsp3) is 0.111. The summed E-state index contributed by atoms with van der Waals surface area (Å²) in [6.07, 6.45) is 1.42. The highest BCUT2D eigenvalue weighted by atomic mass is 32.1. The van der Waals surface area contributed by atoms with Crippen LogP contribution in [-0.4, -0.2) is 17.8 Å². The van der Waals surface area contributed by atoms with Crippen molar-refractivity contribution in [1.29, 1.82) is 0 Å². The number of ether oxygens (including phenoxy) is 1. The van der Waals surface area contributed by atoms with E-state index >= 15 is 0 Å². The Morgan fingerprint density at radius 1 is 1.16 bits per heavy atom. The van der Waals surface area contributed by atoms with Gasteiger partial charge in [-0.15, -0.1) is 11.3 Å². The van der Waals surface area contributed by atoms with Crippen LogP contribution >= 0.6 is 11.3 Å². The van der Waals surface area contributed by atoms with Crippen LogP contribution in [0.2, 0.25) is 0 Å². The number of hydrazone groups is 1.